The third-order valence-corrected chi connectivity index (χ3v) is 2.10. The fraction of sp³-hybridized carbons (Fsp3) is 0.200. The second-order valence-corrected chi connectivity index (χ2v) is 4.53. The van der Waals surface area contributed by atoms with E-state index in [9.17, 15) is 4.79 Å². The highest BCUT2D eigenvalue weighted by atomic mass is 79.9. The highest BCUT2D eigenvalue weighted by Crippen LogP contribution is 2.10. The van der Waals surface area contributed by atoms with E-state index >= 15 is 0 Å². The molecule has 80 valence electrons. The van der Waals surface area contributed by atoms with E-state index in [2.05, 4.69) is 32.8 Å². The van der Waals surface area contributed by atoms with Gasteiger partial charge in [0.15, 0.2) is 0 Å². The van der Waals surface area contributed by atoms with Crippen LogP contribution in [0.4, 0.5) is 0 Å². The molecule has 0 aliphatic heterocycles. The van der Waals surface area contributed by atoms with E-state index in [4.69, 9.17) is 11.6 Å². The van der Waals surface area contributed by atoms with Gasteiger partial charge in [0.2, 0.25) is 0 Å². The van der Waals surface area contributed by atoms with Crippen LogP contribution in [0.25, 0.3) is 0 Å². The number of carbonyl (C=O) groups excluding carboxylic acids is 1. The number of nitrogens with one attached hydrogen (secondary N) is 1. The zero-order valence-corrected chi connectivity index (χ0v) is 10.5. The van der Waals surface area contributed by atoms with Crippen LogP contribution < -0.4 is 5.32 Å². The maximum absolute atomic E-state index is 11.6. The molecule has 0 aliphatic rings. The van der Waals surface area contributed by atoms with Crippen molar-refractivity contribution < 1.29 is 4.79 Å². The van der Waals surface area contributed by atoms with Crippen LogP contribution in [0.15, 0.2) is 23.2 Å². The van der Waals surface area contributed by atoms with Crippen LogP contribution >= 0.6 is 27.5 Å². The van der Waals surface area contributed by atoms with Crippen LogP contribution in [0.1, 0.15) is 16.1 Å². The van der Waals surface area contributed by atoms with Crippen molar-refractivity contribution in [1.29, 1.82) is 0 Å². The number of hydrogen-bond acceptors (Lipinski definition) is 2. The van der Waals surface area contributed by atoms with E-state index in [1.165, 1.54) is 6.07 Å². The fourth-order valence-electron chi connectivity index (χ4n) is 1.04. The summed E-state index contributed by atoms with van der Waals surface area (Å²) in [4.78, 5) is 15.6. The molecule has 1 rings (SSSR count). The summed E-state index contributed by atoms with van der Waals surface area (Å²) in [6.45, 7) is 5.79. The summed E-state index contributed by atoms with van der Waals surface area (Å²) in [5, 5.41) is 3.00. The number of carbonyl (C=O) groups is 1. The van der Waals surface area contributed by atoms with Crippen molar-refractivity contribution in [2.45, 2.75) is 6.92 Å². The van der Waals surface area contributed by atoms with Crippen LogP contribution in [0.3, 0.4) is 0 Å². The van der Waals surface area contributed by atoms with E-state index in [0.29, 0.717) is 27.4 Å². The molecule has 0 aromatic carbocycles. The van der Waals surface area contributed by atoms with E-state index in [0.717, 1.165) is 0 Å². The lowest BCUT2D eigenvalue weighted by Gasteiger charge is -2.04. The quantitative estimate of drug-likeness (QED) is 0.869. The Morgan fingerprint density at radius 3 is 2.87 bits per heavy atom. The number of amides is 1. The molecule has 5 heteroatoms. The third kappa shape index (κ3) is 4.01. The predicted octanol–water partition coefficient (Wildman–Crippen LogP) is 2.68. The Hall–Kier alpha value is -0.870. The number of pyridine rings is 1. The fourth-order valence-corrected chi connectivity index (χ4v) is 1.43. The molecule has 0 fully saturated rings. The van der Waals surface area contributed by atoms with E-state index in [1.807, 2.05) is 0 Å². The molecule has 1 aromatic heterocycles. The summed E-state index contributed by atoms with van der Waals surface area (Å²) in [6, 6.07) is 3.21. The van der Waals surface area contributed by atoms with E-state index in [1.54, 1.807) is 13.0 Å². The van der Waals surface area contributed by atoms with Gasteiger partial charge in [0.1, 0.15) is 5.15 Å². The Bertz CT molecular complexity index is 386. The van der Waals surface area contributed by atoms with Gasteiger partial charge in [0.25, 0.3) is 5.91 Å². The molecule has 1 heterocycles. The Morgan fingerprint density at radius 2 is 2.33 bits per heavy atom. The largest absolute Gasteiger partial charge is 0.347 e. The Morgan fingerprint density at radius 1 is 1.67 bits per heavy atom. The van der Waals surface area contributed by atoms with Gasteiger partial charge in [-0.25, -0.2) is 4.98 Å². The van der Waals surface area contributed by atoms with Crippen LogP contribution in [0.5, 0.6) is 0 Å². The van der Waals surface area contributed by atoms with Gasteiger partial charge in [0.05, 0.1) is 0 Å². The first-order chi connectivity index (χ1) is 6.99. The number of nitrogens with zero attached hydrogens (tertiary/aromatic N) is 1. The third-order valence-electron chi connectivity index (χ3n) is 1.63. The highest BCUT2D eigenvalue weighted by molar-refractivity contribution is 9.11. The average Bonchev–Trinajstić information content (AvgIpc) is 2.12. The maximum Gasteiger partial charge on any atom is 0.251 e. The van der Waals surface area contributed by atoms with Crippen LogP contribution in [-0.4, -0.2) is 17.4 Å². The molecule has 0 unspecified atom stereocenters. The SMILES string of the molecule is C=C(Br)CNC(=O)c1cc(C)nc(Cl)c1. The van der Waals surface area contributed by atoms with Gasteiger partial charge in [0, 0.05) is 22.3 Å². The van der Waals surface area contributed by atoms with Gasteiger partial charge in [-0.15, -0.1) is 0 Å². The van der Waals surface area contributed by atoms with Crippen molar-refractivity contribution in [3.63, 3.8) is 0 Å². The molecule has 1 aromatic rings. The van der Waals surface area contributed by atoms with Crippen molar-refractivity contribution in [2.24, 2.45) is 0 Å². The lowest BCUT2D eigenvalue weighted by molar-refractivity contribution is 0.0957. The molecular formula is C10H10BrClN2O. The van der Waals surface area contributed by atoms with E-state index in [-0.39, 0.29) is 5.91 Å². The van der Waals surface area contributed by atoms with Gasteiger partial charge >= 0.3 is 0 Å². The van der Waals surface area contributed by atoms with Crippen LogP contribution in [0.2, 0.25) is 5.15 Å². The number of aromatic nitrogens is 1. The Kier molecular flexibility index (Phi) is 4.29. The lowest BCUT2D eigenvalue weighted by atomic mass is 10.2. The molecule has 3 nitrogen and oxygen atoms in total. The highest BCUT2D eigenvalue weighted by Gasteiger charge is 2.07. The minimum absolute atomic E-state index is 0.192. The first-order valence-corrected chi connectivity index (χ1v) is 5.42. The number of hydrogen-bond donors (Lipinski definition) is 1. The molecule has 1 amide bonds. The summed E-state index contributed by atoms with van der Waals surface area (Å²) in [5.41, 5.74) is 1.21. The normalized spacial score (nSPS) is 9.80. The second kappa shape index (κ2) is 5.28. The molecule has 15 heavy (non-hydrogen) atoms. The molecule has 0 bridgehead atoms. The zero-order valence-electron chi connectivity index (χ0n) is 8.18. The van der Waals surface area contributed by atoms with Crippen LogP contribution in [0, 0.1) is 6.92 Å². The van der Waals surface area contributed by atoms with Crippen LogP contribution in [-0.2, 0) is 0 Å². The van der Waals surface area contributed by atoms with Crippen molar-refractivity contribution in [1.82, 2.24) is 10.3 Å². The van der Waals surface area contributed by atoms with Gasteiger partial charge in [-0.1, -0.05) is 34.1 Å². The van der Waals surface area contributed by atoms with Crippen molar-refractivity contribution in [3.8, 4) is 0 Å². The smallest absolute Gasteiger partial charge is 0.251 e. The maximum atomic E-state index is 11.6. The van der Waals surface area contributed by atoms with Gasteiger partial charge in [-0.3, -0.25) is 4.79 Å². The average molecular weight is 290 g/mol. The molecule has 1 N–H and O–H groups in total. The van der Waals surface area contributed by atoms with Crippen molar-refractivity contribution >= 4 is 33.4 Å². The summed E-state index contributed by atoms with van der Waals surface area (Å²) in [5.74, 6) is -0.192. The molecule has 0 atom stereocenters. The number of aryl methyl sites for hydroxylation is 1. The zero-order chi connectivity index (χ0) is 11.4. The summed E-state index contributed by atoms with van der Waals surface area (Å²) in [6.07, 6.45) is 0. The molecule has 0 saturated carbocycles. The van der Waals surface area contributed by atoms with Crippen molar-refractivity contribution in [2.75, 3.05) is 6.54 Å². The summed E-state index contributed by atoms with van der Waals surface area (Å²) < 4.78 is 0.715. The molecule has 0 radical (unpaired) electrons. The van der Waals surface area contributed by atoms with Gasteiger partial charge < -0.3 is 5.32 Å². The summed E-state index contributed by atoms with van der Waals surface area (Å²) in [7, 11) is 0. The standard InChI is InChI=1S/C10H10BrClN2O/c1-6(11)5-13-10(15)8-3-7(2)14-9(12)4-8/h3-4H,1,5H2,2H3,(H,13,15). The lowest BCUT2D eigenvalue weighted by Crippen LogP contribution is -2.24. The first kappa shape index (κ1) is 12.2. The minimum atomic E-state index is -0.192. The monoisotopic (exact) mass is 288 g/mol. The van der Waals surface area contributed by atoms with E-state index < -0.39 is 0 Å². The van der Waals surface area contributed by atoms with Crippen molar-refractivity contribution in [3.05, 3.63) is 39.6 Å². The molecule has 0 aliphatic carbocycles. The Balaban J connectivity index is 2.77. The number of halogens is 2. The molecular weight excluding hydrogens is 279 g/mol. The summed E-state index contributed by atoms with van der Waals surface area (Å²) >= 11 is 8.90. The topological polar surface area (TPSA) is 42.0 Å². The minimum Gasteiger partial charge on any atom is -0.347 e. The predicted molar refractivity (Wildman–Crippen MR) is 64.4 cm³/mol. The molecule has 0 spiro atoms. The second-order valence-electron chi connectivity index (χ2n) is 3.02. The Labute approximate surface area is 102 Å². The van der Waals surface area contributed by atoms with Gasteiger partial charge in [-0.05, 0) is 19.1 Å². The number of rotatable bonds is 3. The first-order valence-electron chi connectivity index (χ1n) is 4.24. The molecule has 0 saturated heterocycles. The van der Waals surface area contributed by atoms with Gasteiger partial charge in [-0.2, -0.15) is 0 Å².